The van der Waals surface area contributed by atoms with Gasteiger partial charge < -0.3 is 4.90 Å². The van der Waals surface area contributed by atoms with Gasteiger partial charge in [0.15, 0.2) is 0 Å². The molecule has 0 N–H and O–H groups in total. The standard InChI is InChI=1S/C20H22N6O3S/c27-20(19(26-16-21-22-23-26)15-17-7-3-1-4-8-17)24-11-13-25(14-12-24)30(28,29)18-9-5-2-6-10-18/h1-10,16,19H,11-15H2. The fourth-order valence-electron chi connectivity index (χ4n) is 3.54. The lowest BCUT2D eigenvalue weighted by Gasteiger charge is -2.35. The van der Waals surface area contributed by atoms with Crippen molar-refractivity contribution in [3.8, 4) is 0 Å². The molecule has 1 amide bonds. The molecule has 1 aliphatic heterocycles. The molecule has 156 valence electrons. The van der Waals surface area contributed by atoms with E-state index in [0.717, 1.165) is 5.56 Å². The van der Waals surface area contributed by atoms with Crippen molar-refractivity contribution in [2.75, 3.05) is 26.2 Å². The zero-order valence-corrected chi connectivity index (χ0v) is 17.1. The Balaban J connectivity index is 1.47. The van der Waals surface area contributed by atoms with Crippen LogP contribution in [0.5, 0.6) is 0 Å². The maximum atomic E-state index is 13.3. The zero-order chi connectivity index (χ0) is 21.0. The number of amides is 1. The molecule has 3 aromatic rings. The van der Waals surface area contributed by atoms with Crippen LogP contribution in [0.1, 0.15) is 11.6 Å². The number of nitrogens with zero attached hydrogens (tertiary/aromatic N) is 6. The van der Waals surface area contributed by atoms with Crippen LogP contribution in [0, 0.1) is 0 Å². The van der Waals surface area contributed by atoms with Crippen molar-refractivity contribution < 1.29 is 13.2 Å². The van der Waals surface area contributed by atoms with E-state index < -0.39 is 16.1 Å². The SMILES string of the molecule is O=C(C(Cc1ccccc1)n1cnnn1)N1CCN(S(=O)(=O)c2ccccc2)CC1. The predicted molar refractivity (Wildman–Crippen MR) is 109 cm³/mol. The first kappa shape index (κ1) is 20.2. The lowest BCUT2D eigenvalue weighted by atomic mass is 10.0. The molecule has 30 heavy (non-hydrogen) atoms. The number of carbonyl (C=O) groups excluding carboxylic acids is 1. The summed E-state index contributed by atoms with van der Waals surface area (Å²) in [6.07, 6.45) is 1.88. The average molecular weight is 427 g/mol. The van der Waals surface area contributed by atoms with E-state index in [-0.39, 0.29) is 23.9 Å². The van der Waals surface area contributed by atoms with Crippen molar-refractivity contribution in [2.45, 2.75) is 17.4 Å². The van der Waals surface area contributed by atoms with Crippen LogP contribution >= 0.6 is 0 Å². The minimum Gasteiger partial charge on any atom is -0.338 e. The second-order valence-corrected chi connectivity index (χ2v) is 8.98. The van der Waals surface area contributed by atoms with Crippen molar-refractivity contribution >= 4 is 15.9 Å². The van der Waals surface area contributed by atoms with E-state index in [1.54, 1.807) is 35.2 Å². The number of tetrazole rings is 1. The van der Waals surface area contributed by atoms with Gasteiger partial charge in [-0.2, -0.15) is 4.31 Å². The van der Waals surface area contributed by atoms with E-state index in [1.165, 1.54) is 15.3 Å². The summed E-state index contributed by atoms with van der Waals surface area (Å²) in [7, 11) is -3.57. The minimum absolute atomic E-state index is 0.122. The van der Waals surface area contributed by atoms with E-state index >= 15 is 0 Å². The summed E-state index contributed by atoms with van der Waals surface area (Å²) in [6.45, 7) is 1.13. The molecule has 10 heteroatoms. The molecule has 1 saturated heterocycles. The van der Waals surface area contributed by atoms with Gasteiger partial charge in [-0.25, -0.2) is 13.1 Å². The van der Waals surface area contributed by atoms with Gasteiger partial charge >= 0.3 is 0 Å². The molecule has 1 fully saturated rings. The van der Waals surface area contributed by atoms with Crippen LogP contribution in [0.15, 0.2) is 71.9 Å². The maximum absolute atomic E-state index is 13.3. The summed E-state index contributed by atoms with van der Waals surface area (Å²) in [4.78, 5) is 15.2. The molecular weight excluding hydrogens is 404 g/mol. The molecule has 4 rings (SSSR count). The molecule has 2 aromatic carbocycles. The molecule has 0 spiro atoms. The van der Waals surface area contributed by atoms with Gasteiger partial charge in [0.05, 0.1) is 4.90 Å². The highest BCUT2D eigenvalue weighted by atomic mass is 32.2. The highest BCUT2D eigenvalue weighted by Crippen LogP contribution is 2.20. The molecule has 1 aromatic heterocycles. The molecule has 1 aliphatic rings. The molecule has 2 heterocycles. The van der Waals surface area contributed by atoms with Crippen LogP contribution in [0.3, 0.4) is 0 Å². The number of benzene rings is 2. The third-order valence-corrected chi connectivity index (χ3v) is 7.09. The van der Waals surface area contributed by atoms with Crippen LogP contribution in [-0.2, 0) is 21.2 Å². The summed E-state index contributed by atoms with van der Waals surface area (Å²) < 4.78 is 28.5. The Bertz CT molecular complexity index is 1070. The van der Waals surface area contributed by atoms with Crippen LogP contribution in [-0.4, -0.2) is 69.9 Å². The summed E-state index contributed by atoms with van der Waals surface area (Å²) in [5.41, 5.74) is 0.997. The molecular formula is C20H22N6O3S. The molecule has 0 aliphatic carbocycles. The number of rotatable bonds is 6. The van der Waals surface area contributed by atoms with Gasteiger partial charge in [0.1, 0.15) is 12.4 Å². The highest BCUT2D eigenvalue weighted by molar-refractivity contribution is 7.89. The van der Waals surface area contributed by atoms with Gasteiger partial charge in [-0.05, 0) is 28.1 Å². The Morgan fingerprint density at radius 2 is 1.57 bits per heavy atom. The Kier molecular flexibility index (Phi) is 5.86. The number of carbonyl (C=O) groups is 1. The van der Waals surface area contributed by atoms with Gasteiger partial charge in [-0.1, -0.05) is 48.5 Å². The summed E-state index contributed by atoms with van der Waals surface area (Å²) in [5, 5.41) is 11.3. The highest BCUT2D eigenvalue weighted by Gasteiger charge is 2.33. The molecule has 1 unspecified atom stereocenters. The quantitative estimate of drug-likeness (QED) is 0.583. The van der Waals surface area contributed by atoms with Gasteiger partial charge in [-0.3, -0.25) is 4.79 Å². The van der Waals surface area contributed by atoms with Gasteiger partial charge in [0, 0.05) is 32.6 Å². The number of hydrogen-bond donors (Lipinski definition) is 0. The number of sulfonamides is 1. The molecule has 9 nitrogen and oxygen atoms in total. The Morgan fingerprint density at radius 1 is 0.933 bits per heavy atom. The topological polar surface area (TPSA) is 101 Å². The Labute approximate surface area is 175 Å². The number of aromatic nitrogens is 4. The van der Waals surface area contributed by atoms with E-state index in [1.807, 2.05) is 30.3 Å². The first-order valence-corrected chi connectivity index (χ1v) is 11.1. The lowest BCUT2D eigenvalue weighted by Crippen LogP contribution is -2.52. The second kappa shape index (κ2) is 8.72. The van der Waals surface area contributed by atoms with Crippen molar-refractivity contribution in [1.82, 2.24) is 29.4 Å². The van der Waals surface area contributed by atoms with Gasteiger partial charge in [0.25, 0.3) is 0 Å². The molecule has 1 atom stereocenters. The lowest BCUT2D eigenvalue weighted by molar-refractivity contribution is -0.136. The third kappa shape index (κ3) is 4.24. The van der Waals surface area contributed by atoms with E-state index in [9.17, 15) is 13.2 Å². The van der Waals surface area contributed by atoms with Crippen LogP contribution in [0.25, 0.3) is 0 Å². The van der Waals surface area contributed by atoms with Crippen molar-refractivity contribution in [1.29, 1.82) is 0 Å². The first-order chi connectivity index (χ1) is 14.6. The largest absolute Gasteiger partial charge is 0.338 e. The monoisotopic (exact) mass is 426 g/mol. The maximum Gasteiger partial charge on any atom is 0.248 e. The fourth-order valence-corrected chi connectivity index (χ4v) is 4.99. The summed E-state index contributed by atoms with van der Waals surface area (Å²) in [5.74, 6) is -0.122. The van der Waals surface area contributed by atoms with E-state index in [0.29, 0.717) is 19.5 Å². The van der Waals surface area contributed by atoms with Crippen LogP contribution in [0.2, 0.25) is 0 Å². The number of piperazine rings is 1. The smallest absolute Gasteiger partial charge is 0.248 e. The fraction of sp³-hybridized carbons (Fsp3) is 0.300. The third-order valence-electron chi connectivity index (χ3n) is 5.17. The van der Waals surface area contributed by atoms with Gasteiger partial charge in [0.2, 0.25) is 15.9 Å². The second-order valence-electron chi connectivity index (χ2n) is 7.04. The summed E-state index contributed by atoms with van der Waals surface area (Å²) >= 11 is 0. The Hall–Kier alpha value is -3.11. The first-order valence-electron chi connectivity index (χ1n) is 9.66. The zero-order valence-electron chi connectivity index (χ0n) is 16.3. The number of hydrogen-bond acceptors (Lipinski definition) is 6. The average Bonchev–Trinajstić information content (AvgIpc) is 3.33. The molecule has 0 bridgehead atoms. The Morgan fingerprint density at radius 3 is 2.17 bits per heavy atom. The van der Waals surface area contributed by atoms with Gasteiger partial charge in [-0.15, -0.1) is 5.10 Å². The minimum atomic E-state index is -3.57. The summed E-state index contributed by atoms with van der Waals surface area (Å²) in [6, 6.07) is 17.4. The molecule has 0 radical (unpaired) electrons. The normalized spacial score (nSPS) is 16.3. The van der Waals surface area contributed by atoms with Crippen LogP contribution < -0.4 is 0 Å². The van der Waals surface area contributed by atoms with Crippen LogP contribution in [0.4, 0.5) is 0 Å². The molecule has 0 saturated carbocycles. The van der Waals surface area contributed by atoms with Crippen molar-refractivity contribution in [3.05, 3.63) is 72.6 Å². The van der Waals surface area contributed by atoms with E-state index in [2.05, 4.69) is 15.5 Å². The van der Waals surface area contributed by atoms with E-state index in [4.69, 9.17) is 0 Å². The van der Waals surface area contributed by atoms with Crippen molar-refractivity contribution in [2.24, 2.45) is 0 Å². The van der Waals surface area contributed by atoms with Crippen molar-refractivity contribution in [3.63, 3.8) is 0 Å². The predicted octanol–water partition coefficient (Wildman–Crippen LogP) is 0.990.